The van der Waals surface area contributed by atoms with Crippen molar-refractivity contribution in [3.05, 3.63) is 252 Å². The Bertz CT molecular complexity index is 6450. The van der Waals surface area contributed by atoms with Crippen molar-refractivity contribution in [2.24, 2.45) is 11.5 Å². The van der Waals surface area contributed by atoms with E-state index in [0.717, 1.165) is 11.8 Å². The van der Waals surface area contributed by atoms with Crippen molar-refractivity contribution in [1.82, 2.24) is 105 Å². The number of nitrogens with one attached hydrogen (secondary N) is 18. The van der Waals surface area contributed by atoms with Crippen LogP contribution in [0.1, 0.15) is 90.6 Å². The van der Waals surface area contributed by atoms with E-state index in [0.29, 0.717) is 55.2 Å². The lowest BCUT2D eigenvalue weighted by Crippen LogP contribution is -2.62. The van der Waals surface area contributed by atoms with E-state index >= 15 is 33.6 Å². The number of H-pyrrole nitrogens is 3. The number of phenols is 3. The minimum atomic E-state index is -2.12. The lowest BCUT2D eigenvalue weighted by molar-refractivity contribution is -0.143. The molecule has 0 bridgehead atoms. The van der Waals surface area contributed by atoms with Gasteiger partial charge in [-0.15, -0.1) is 0 Å². The Labute approximate surface area is 839 Å². The summed E-state index contributed by atoms with van der Waals surface area (Å²) in [4.78, 5) is 291. The number of aromatic hydroxyl groups is 3. The average Bonchev–Trinajstić information content (AvgIpc) is 1.70. The first kappa shape index (κ1) is 108. The first-order chi connectivity index (χ1) is 70.3. The molecule has 3 aromatic heterocycles. The van der Waals surface area contributed by atoms with Gasteiger partial charge in [0.05, 0.1) is 50.5 Å². The maximum absolute atomic E-state index is 15.9. The summed E-state index contributed by atoms with van der Waals surface area (Å²) in [5.74, 6) is -22.3. The number of fused-ring (bicyclic) bond motifs is 3. The molecule has 12 rings (SSSR count). The predicted molar refractivity (Wildman–Crippen MR) is 525 cm³/mol. The molecule has 0 aliphatic carbocycles. The predicted octanol–water partition coefficient (Wildman–Crippen LogP) is -3.10. The third kappa shape index (κ3) is 31.3. The standard InChI is InChI=1S/C101H114N22O24/c1-53-100(145)123-35-13-22-81(123)98(143)120-79(46-84(130)107-50-85(131)111-77(44-82(102)128)95(140)116-75(42-61-48-106-69-21-12-10-19-67(61)69)94(139)118-76(43-62-49-104-52-109-62)88(133)108-51-86(132)122-87(54(2)124)99(144)110-53)97(142)117-74(41-60-47-105-68-20-11-9-18-66(60)68)93(138)114-70(36-55-14-5-3-6-15-55)89(134)112-71(37-56-16-7-4-8-17-56)91(136)119-78(45-83(103)129)96(141)115-72(38-57-23-29-63(125)30-24-57)90(135)113-73(39-58-25-31-64(126)32-26-58)92(137)121-80(101(146)147)40-59-27-33-65(127)34-28-59/h3-12,14-21,23-34,47-49,52-54,70-81,87,105-106,124-127H,13,22,35-46,50-51H2,1-2H3,(H2,102,128)(H2,103,129)(H,104,109)(H,107,130)(H,108,133)(H,110,144)(H,111,131)(H,112,134)(H,113,135)(H,114,138)(H,115,141)(H,116,140)(H,117,142)(H,118,139)(H,119,136)(H,120,143)(H,121,137)(H,122,132)(H,146,147)/t53-,54?,70-,71-,72-,73-,74-,75-,76-,77-,78-,79-,80-,81-,87-/m0/s1. The second-order valence-electron chi connectivity index (χ2n) is 35.7. The first-order valence-corrected chi connectivity index (χ1v) is 47.1. The summed E-state index contributed by atoms with van der Waals surface area (Å²) in [6.07, 6.45) is -1.99. The number of rotatable bonds is 36. The number of para-hydroxylation sites is 2. The fourth-order valence-electron chi connectivity index (χ4n) is 16.9. The molecule has 1 unspecified atom stereocenters. The number of hydrogen-bond donors (Lipinski definition) is 25. The number of imidazole rings is 1. The third-order valence-corrected chi connectivity index (χ3v) is 24.5. The van der Waals surface area contributed by atoms with E-state index in [-0.39, 0.29) is 73.6 Å². The molecule has 15 atom stereocenters. The Kier molecular flexibility index (Phi) is 37.6. The van der Waals surface area contributed by atoms with Crippen LogP contribution in [0.4, 0.5) is 0 Å². The third-order valence-electron chi connectivity index (χ3n) is 24.5. The number of aliphatic carboxylic acids is 1. The molecule has 7 aromatic carbocycles. The number of nitrogens with two attached hydrogens (primary N) is 2. The van der Waals surface area contributed by atoms with Crippen molar-refractivity contribution < 1.29 is 117 Å². The topological polar surface area (TPSA) is 721 Å². The average molecular weight is 2020 g/mol. The van der Waals surface area contributed by atoms with Gasteiger partial charge in [-0.2, -0.15) is 0 Å². The van der Waals surface area contributed by atoms with Crippen molar-refractivity contribution in [3.63, 3.8) is 0 Å². The molecule has 2 aliphatic rings. The molecule has 2 fully saturated rings. The smallest absolute Gasteiger partial charge is 0.326 e. The molecular formula is C101H114N22O24. The van der Waals surface area contributed by atoms with E-state index in [1.807, 2.05) is 0 Å². The molecule has 18 amide bonds. The van der Waals surface area contributed by atoms with Crippen molar-refractivity contribution in [2.45, 2.75) is 188 Å². The Morgan fingerprint density at radius 3 is 1.34 bits per heavy atom. The van der Waals surface area contributed by atoms with Gasteiger partial charge in [0, 0.05) is 98.3 Å². The van der Waals surface area contributed by atoms with E-state index in [2.05, 4.69) is 99.7 Å². The number of aromatic nitrogens is 4. The Balaban J connectivity index is 0.834. The molecule has 0 saturated carbocycles. The van der Waals surface area contributed by atoms with Gasteiger partial charge in [0.15, 0.2) is 0 Å². The van der Waals surface area contributed by atoms with E-state index in [9.17, 15) is 83.1 Å². The maximum Gasteiger partial charge on any atom is 0.326 e. The van der Waals surface area contributed by atoms with Crippen molar-refractivity contribution in [3.8, 4) is 17.2 Å². The summed E-state index contributed by atoms with van der Waals surface area (Å²) >= 11 is 0. The number of aliphatic hydroxyl groups excluding tert-OH is 1. The number of carboxylic acid groups (broad SMARTS) is 1. The van der Waals surface area contributed by atoms with Crippen LogP contribution in [0.2, 0.25) is 0 Å². The van der Waals surface area contributed by atoms with E-state index in [4.69, 9.17) is 11.5 Å². The number of carboxylic acids is 1. The summed E-state index contributed by atoms with van der Waals surface area (Å²) in [7, 11) is 0. The Morgan fingerprint density at radius 1 is 0.429 bits per heavy atom. The van der Waals surface area contributed by atoms with Crippen LogP contribution < -0.4 is 91.2 Å². The van der Waals surface area contributed by atoms with Crippen LogP contribution in [-0.4, -0.2) is 273 Å². The largest absolute Gasteiger partial charge is 0.508 e. The summed E-state index contributed by atoms with van der Waals surface area (Å²) in [6.45, 7) is 0.257. The lowest BCUT2D eigenvalue weighted by atomic mass is 10.00. The Hall–Kier alpha value is -17.9. The van der Waals surface area contributed by atoms with Crippen LogP contribution in [0.3, 0.4) is 0 Å². The molecule has 772 valence electrons. The number of carbonyl (C=O) groups is 19. The van der Waals surface area contributed by atoms with E-state index < -0.39 is 261 Å². The molecule has 0 spiro atoms. The molecular weight excluding hydrogens is 1910 g/mol. The number of benzene rings is 7. The fraction of sp³-hybridized carbons (Fsp3) is 0.327. The molecule has 46 heteroatoms. The summed E-state index contributed by atoms with van der Waals surface area (Å²) in [6, 6.07) is 21.3. The summed E-state index contributed by atoms with van der Waals surface area (Å²) in [5.41, 5.74) is 15.4. The number of hydrogen-bond acceptors (Lipinski definition) is 24. The zero-order valence-electron chi connectivity index (χ0n) is 79.6. The second-order valence-corrected chi connectivity index (χ2v) is 35.7. The minimum absolute atomic E-state index is 0.118. The molecule has 2 saturated heterocycles. The Morgan fingerprint density at radius 2 is 0.857 bits per heavy atom. The fourth-order valence-corrected chi connectivity index (χ4v) is 16.9. The number of carbonyl (C=O) groups excluding carboxylic acids is 18. The monoisotopic (exact) mass is 2020 g/mol. The second kappa shape index (κ2) is 51.2. The summed E-state index contributed by atoms with van der Waals surface area (Å²) in [5, 5.41) is 90.4. The van der Waals surface area contributed by atoms with Gasteiger partial charge in [-0.05, 0) is 114 Å². The van der Waals surface area contributed by atoms with Crippen LogP contribution in [0, 0.1) is 0 Å². The van der Waals surface area contributed by atoms with Crippen molar-refractivity contribution >= 4 is 134 Å². The molecule has 10 aromatic rings. The normalized spacial score (nSPS) is 19.1. The van der Waals surface area contributed by atoms with Crippen LogP contribution in [-0.2, 0) is 142 Å². The highest BCUT2D eigenvalue weighted by Gasteiger charge is 2.43. The van der Waals surface area contributed by atoms with Crippen LogP contribution in [0.25, 0.3) is 21.8 Å². The van der Waals surface area contributed by atoms with Gasteiger partial charge in [-0.1, -0.05) is 133 Å². The number of aromatic amines is 3. The molecule has 0 radical (unpaired) electrons. The lowest BCUT2D eigenvalue weighted by Gasteiger charge is -2.30. The highest BCUT2D eigenvalue weighted by molar-refractivity contribution is 6.04. The maximum atomic E-state index is 15.9. The van der Waals surface area contributed by atoms with Gasteiger partial charge in [-0.3, -0.25) is 86.3 Å². The van der Waals surface area contributed by atoms with Gasteiger partial charge in [0.1, 0.15) is 102 Å². The zero-order chi connectivity index (χ0) is 106. The number of aliphatic hydroxyl groups is 1. The molecule has 27 N–H and O–H groups in total. The molecule has 147 heavy (non-hydrogen) atoms. The molecule has 5 heterocycles. The number of primary amides is 2. The van der Waals surface area contributed by atoms with Gasteiger partial charge < -0.3 is 137 Å². The van der Waals surface area contributed by atoms with E-state index in [1.54, 1.807) is 115 Å². The SMILES string of the molecule is CC(O)[C@@H]1NC(=O)CNC(=O)[C@H](Cc2c[nH]cn2)NC(=O)[C@H](Cc2c[nH]c3ccccc23)NC(=O)[C@H](CC(N)=O)NC(=O)CNC(=O)C[C@@H](C(=O)N[C@@H](Cc2c[nH]c3ccccc23)C(=O)N[C@@H](Cc2ccccc2)C(=O)N[C@@H](Cc2ccccc2)C(=O)N[C@@H](CC(N)=O)C(=O)N[C@@H](Cc2ccc(O)cc2)C(=O)N[C@@H](Cc2ccc(O)cc2)C(=O)N[C@@H](Cc2ccc(O)cc2)C(=O)O)NC(=O)[C@@H]2CCCN2C(=O)[C@H](C)NC1=O. The molecule has 46 nitrogen and oxygen atoms in total. The zero-order valence-corrected chi connectivity index (χ0v) is 79.6. The molecule has 2 aliphatic heterocycles. The first-order valence-electron chi connectivity index (χ1n) is 47.1. The van der Waals surface area contributed by atoms with Crippen LogP contribution in [0.5, 0.6) is 17.2 Å². The van der Waals surface area contributed by atoms with E-state index in [1.165, 1.54) is 98.4 Å². The highest BCUT2D eigenvalue weighted by Crippen LogP contribution is 2.26. The summed E-state index contributed by atoms with van der Waals surface area (Å²) < 4.78 is 0. The van der Waals surface area contributed by atoms with Gasteiger partial charge in [0.2, 0.25) is 106 Å². The number of nitrogens with zero attached hydrogens (tertiary/aromatic N) is 2. The highest BCUT2D eigenvalue weighted by atomic mass is 16.4. The van der Waals surface area contributed by atoms with Crippen LogP contribution in [0.15, 0.2) is 207 Å². The minimum Gasteiger partial charge on any atom is -0.508 e. The quantitative estimate of drug-likeness (QED) is 0.0185. The van der Waals surface area contributed by atoms with Gasteiger partial charge >= 0.3 is 5.97 Å². The van der Waals surface area contributed by atoms with Crippen LogP contribution >= 0.6 is 0 Å². The number of amides is 18. The number of phenolic OH excluding ortho intramolecular Hbond substituents is 3. The van der Waals surface area contributed by atoms with Gasteiger partial charge in [0.25, 0.3) is 0 Å². The van der Waals surface area contributed by atoms with Crippen molar-refractivity contribution in [1.29, 1.82) is 0 Å². The van der Waals surface area contributed by atoms with Crippen molar-refractivity contribution in [2.75, 3.05) is 19.6 Å². The van der Waals surface area contributed by atoms with Gasteiger partial charge in [-0.25, -0.2) is 9.78 Å².